The number of nitrogens with one attached hydrogen (secondary N) is 3. The molecule has 1 fully saturated rings. The maximum absolute atomic E-state index is 13.2. The molecular formula is C26H36N4O4S2. The summed E-state index contributed by atoms with van der Waals surface area (Å²) in [6.45, 7) is 5.63. The standard InChI is InChI=1S/C26H36N4O4S2/c1-4-28-26(34)24(32)21(15-18-9-11-19(16-27)12-10-18)29-25(33)23(17(2)3)30-22(31)8-6-5-7-20-13-14-35-36-20/h9-12,17,20-21,23H,4-8,13-15H2,1-3H3,(H,28,34)(H,29,33)(H,30,31)/t20?,21-,23-/m0/s1. The second-order valence-corrected chi connectivity index (χ2v) is 11.9. The fourth-order valence-corrected chi connectivity index (χ4v) is 6.86. The van der Waals surface area contributed by atoms with Gasteiger partial charge in [-0.1, -0.05) is 54.0 Å². The fourth-order valence-electron chi connectivity index (χ4n) is 3.83. The Balaban J connectivity index is 2.00. The van der Waals surface area contributed by atoms with Crippen LogP contribution in [0.4, 0.5) is 0 Å². The molecule has 0 aromatic heterocycles. The molecule has 2 rings (SSSR count). The lowest BCUT2D eigenvalue weighted by Gasteiger charge is -2.25. The Morgan fingerprint density at radius 2 is 1.83 bits per heavy atom. The van der Waals surface area contributed by atoms with Crippen LogP contribution in [0.1, 0.15) is 64.0 Å². The molecule has 3 atom stereocenters. The van der Waals surface area contributed by atoms with Gasteiger partial charge in [0.05, 0.1) is 11.6 Å². The van der Waals surface area contributed by atoms with Gasteiger partial charge in [-0.3, -0.25) is 19.2 Å². The summed E-state index contributed by atoms with van der Waals surface area (Å²) < 4.78 is 0. The molecule has 1 aliphatic heterocycles. The Kier molecular flexibility index (Phi) is 12.9. The van der Waals surface area contributed by atoms with Crippen molar-refractivity contribution in [3.05, 3.63) is 35.4 Å². The number of amides is 3. The number of nitrogens with zero attached hydrogens (tertiary/aromatic N) is 1. The average molecular weight is 533 g/mol. The van der Waals surface area contributed by atoms with E-state index in [1.807, 2.05) is 41.5 Å². The molecule has 8 nitrogen and oxygen atoms in total. The Morgan fingerprint density at radius 1 is 1.11 bits per heavy atom. The molecule has 36 heavy (non-hydrogen) atoms. The van der Waals surface area contributed by atoms with Gasteiger partial charge in [-0.15, -0.1) is 0 Å². The van der Waals surface area contributed by atoms with Crippen LogP contribution < -0.4 is 16.0 Å². The Bertz CT molecular complexity index is 940. The van der Waals surface area contributed by atoms with Crippen molar-refractivity contribution >= 4 is 45.1 Å². The van der Waals surface area contributed by atoms with Crippen molar-refractivity contribution < 1.29 is 19.2 Å². The molecule has 0 radical (unpaired) electrons. The van der Waals surface area contributed by atoms with E-state index in [0.717, 1.165) is 19.3 Å². The molecule has 196 valence electrons. The summed E-state index contributed by atoms with van der Waals surface area (Å²) >= 11 is 0. The van der Waals surface area contributed by atoms with E-state index in [0.29, 0.717) is 22.8 Å². The van der Waals surface area contributed by atoms with Gasteiger partial charge in [-0.05, 0) is 49.8 Å². The smallest absolute Gasteiger partial charge is 0.289 e. The highest BCUT2D eigenvalue weighted by Gasteiger charge is 2.31. The van der Waals surface area contributed by atoms with Gasteiger partial charge in [0.1, 0.15) is 12.1 Å². The molecule has 1 heterocycles. The molecule has 1 saturated heterocycles. The van der Waals surface area contributed by atoms with E-state index in [9.17, 15) is 19.2 Å². The maximum atomic E-state index is 13.2. The van der Waals surface area contributed by atoms with E-state index in [4.69, 9.17) is 5.26 Å². The van der Waals surface area contributed by atoms with Crippen molar-refractivity contribution in [1.82, 2.24) is 16.0 Å². The van der Waals surface area contributed by atoms with Crippen LogP contribution in [0.3, 0.4) is 0 Å². The first-order chi connectivity index (χ1) is 17.2. The molecular weight excluding hydrogens is 496 g/mol. The van der Waals surface area contributed by atoms with Crippen LogP contribution in [-0.2, 0) is 25.6 Å². The molecule has 1 unspecified atom stereocenters. The number of ketones is 1. The molecule has 3 amide bonds. The van der Waals surface area contributed by atoms with Crippen molar-refractivity contribution in [1.29, 1.82) is 5.26 Å². The largest absolute Gasteiger partial charge is 0.350 e. The lowest BCUT2D eigenvalue weighted by Crippen LogP contribution is -2.56. The fraction of sp³-hybridized carbons (Fsp3) is 0.577. The molecule has 0 spiro atoms. The lowest BCUT2D eigenvalue weighted by molar-refractivity contribution is -0.140. The van der Waals surface area contributed by atoms with E-state index in [1.54, 1.807) is 31.2 Å². The van der Waals surface area contributed by atoms with Gasteiger partial charge in [-0.2, -0.15) is 5.26 Å². The maximum Gasteiger partial charge on any atom is 0.289 e. The molecule has 1 aliphatic rings. The van der Waals surface area contributed by atoms with Gasteiger partial charge in [-0.25, -0.2) is 0 Å². The monoisotopic (exact) mass is 532 g/mol. The molecule has 10 heteroatoms. The zero-order valence-corrected chi connectivity index (χ0v) is 22.8. The summed E-state index contributed by atoms with van der Waals surface area (Å²) in [6.07, 6.45) is 4.47. The normalized spacial score (nSPS) is 16.6. The zero-order chi connectivity index (χ0) is 26.5. The minimum atomic E-state index is -1.10. The molecule has 0 bridgehead atoms. The van der Waals surface area contributed by atoms with Crippen LogP contribution >= 0.6 is 21.6 Å². The predicted molar refractivity (Wildman–Crippen MR) is 144 cm³/mol. The van der Waals surface area contributed by atoms with Crippen molar-refractivity contribution in [2.75, 3.05) is 12.3 Å². The third-order valence-electron chi connectivity index (χ3n) is 5.89. The van der Waals surface area contributed by atoms with Gasteiger partial charge in [0.25, 0.3) is 5.91 Å². The topological polar surface area (TPSA) is 128 Å². The number of carbonyl (C=O) groups excluding carboxylic acids is 4. The number of rotatable bonds is 14. The Hall–Kier alpha value is -2.51. The summed E-state index contributed by atoms with van der Waals surface area (Å²) in [4.78, 5) is 50.8. The summed E-state index contributed by atoms with van der Waals surface area (Å²) in [5.74, 6) is -1.26. The number of benzene rings is 1. The number of likely N-dealkylation sites (N-methyl/N-ethyl adjacent to an activating group) is 1. The van der Waals surface area contributed by atoms with Crippen molar-refractivity contribution in [2.24, 2.45) is 5.92 Å². The third kappa shape index (κ3) is 9.86. The van der Waals surface area contributed by atoms with Gasteiger partial charge < -0.3 is 16.0 Å². The number of Topliss-reactive ketones (excluding diaryl/α,β-unsaturated/α-hetero) is 1. The molecule has 1 aromatic rings. The highest BCUT2D eigenvalue weighted by atomic mass is 33.1. The number of unbranched alkanes of at least 4 members (excludes halogenated alkanes) is 1. The third-order valence-corrected chi connectivity index (χ3v) is 8.90. The van der Waals surface area contributed by atoms with Crippen LogP contribution in [0.5, 0.6) is 0 Å². The molecule has 3 N–H and O–H groups in total. The lowest BCUT2D eigenvalue weighted by atomic mass is 9.98. The summed E-state index contributed by atoms with van der Waals surface area (Å²) in [5, 5.41) is 17.7. The predicted octanol–water partition coefficient (Wildman–Crippen LogP) is 3.15. The quantitative estimate of drug-likeness (QED) is 0.191. The van der Waals surface area contributed by atoms with Gasteiger partial charge in [0, 0.05) is 30.4 Å². The number of hydrogen-bond donors (Lipinski definition) is 3. The Morgan fingerprint density at radius 3 is 2.42 bits per heavy atom. The second-order valence-electron chi connectivity index (χ2n) is 9.16. The molecule has 0 aliphatic carbocycles. The van der Waals surface area contributed by atoms with E-state index in [2.05, 4.69) is 16.0 Å². The minimum absolute atomic E-state index is 0.0869. The first-order valence-electron chi connectivity index (χ1n) is 12.4. The van der Waals surface area contributed by atoms with E-state index in [1.165, 1.54) is 12.2 Å². The number of nitriles is 1. The first kappa shape index (κ1) is 29.7. The summed E-state index contributed by atoms with van der Waals surface area (Å²) in [6, 6.07) is 6.71. The molecule has 1 aromatic carbocycles. The van der Waals surface area contributed by atoms with Crippen molar-refractivity contribution in [2.45, 2.75) is 76.6 Å². The second kappa shape index (κ2) is 15.6. The van der Waals surface area contributed by atoms with E-state index < -0.39 is 29.7 Å². The highest BCUT2D eigenvalue weighted by molar-refractivity contribution is 8.77. The van der Waals surface area contributed by atoms with Crippen LogP contribution in [-0.4, -0.2) is 53.1 Å². The molecule has 0 saturated carbocycles. The SMILES string of the molecule is CCNC(=O)C(=O)[C@H](Cc1ccc(C#N)cc1)NC(=O)[C@@H](NC(=O)CCCCC1CCSS1)C(C)C. The minimum Gasteiger partial charge on any atom is -0.350 e. The van der Waals surface area contributed by atoms with Crippen molar-refractivity contribution in [3.8, 4) is 6.07 Å². The number of carbonyl (C=O) groups is 4. The van der Waals surface area contributed by atoms with Crippen LogP contribution in [0.15, 0.2) is 24.3 Å². The Labute approximate surface area is 221 Å². The van der Waals surface area contributed by atoms with E-state index >= 15 is 0 Å². The van der Waals surface area contributed by atoms with Crippen LogP contribution in [0.2, 0.25) is 0 Å². The van der Waals surface area contributed by atoms with E-state index in [-0.39, 0.29) is 24.8 Å². The first-order valence-corrected chi connectivity index (χ1v) is 14.8. The summed E-state index contributed by atoms with van der Waals surface area (Å²) in [7, 11) is 3.83. The highest BCUT2D eigenvalue weighted by Crippen LogP contribution is 2.39. The van der Waals surface area contributed by atoms with Gasteiger partial charge in [0.15, 0.2) is 0 Å². The summed E-state index contributed by atoms with van der Waals surface area (Å²) in [5.41, 5.74) is 1.17. The van der Waals surface area contributed by atoms with Gasteiger partial charge >= 0.3 is 0 Å². The van der Waals surface area contributed by atoms with Crippen LogP contribution in [0.25, 0.3) is 0 Å². The van der Waals surface area contributed by atoms with Crippen molar-refractivity contribution in [3.63, 3.8) is 0 Å². The van der Waals surface area contributed by atoms with Gasteiger partial charge in [0.2, 0.25) is 17.6 Å². The van der Waals surface area contributed by atoms with Crippen LogP contribution in [0, 0.1) is 17.2 Å². The number of hydrogen-bond acceptors (Lipinski definition) is 7. The average Bonchev–Trinajstić information content (AvgIpc) is 3.38. The zero-order valence-electron chi connectivity index (χ0n) is 21.2.